The molecule has 30 heavy (non-hydrogen) atoms. The Bertz CT molecular complexity index is 1050. The summed E-state index contributed by atoms with van der Waals surface area (Å²) in [5.74, 6) is 0. The van der Waals surface area contributed by atoms with E-state index < -0.39 is 32.5 Å². The van der Waals surface area contributed by atoms with Crippen LogP contribution >= 0.6 is 0 Å². The second-order valence-electron chi connectivity index (χ2n) is 6.90. The highest BCUT2D eigenvalue weighted by Crippen LogP contribution is 2.26. The third-order valence-corrected chi connectivity index (χ3v) is 4.65. The molecular weight excluding hydrogens is 392 g/mol. The zero-order valence-corrected chi connectivity index (χ0v) is 16.7. The van der Waals surface area contributed by atoms with Crippen LogP contribution in [0.5, 0.6) is 0 Å². The maximum atomic E-state index is 12.1. The van der Waals surface area contributed by atoms with Gasteiger partial charge in [-0.1, -0.05) is 39.0 Å². The molecule has 0 radical (unpaired) electrons. The van der Waals surface area contributed by atoms with Gasteiger partial charge in [0, 0.05) is 18.8 Å². The van der Waals surface area contributed by atoms with Crippen molar-refractivity contribution >= 4 is 23.5 Å². The fourth-order valence-corrected chi connectivity index (χ4v) is 3.00. The molecule has 0 aliphatic heterocycles. The fraction of sp³-hybridized carbons (Fsp3) is 0.400. The second-order valence-corrected chi connectivity index (χ2v) is 6.90. The Kier molecular flexibility index (Phi) is 8.21. The minimum atomic E-state index is -0.726. The molecule has 2 aromatic rings. The molecule has 10 nitrogen and oxygen atoms in total. The standard InChI is InChI=1S/C20H24N4O6/c1-2-3-4-5-6-7-12-22-14-16(19(25)21-20(22)26)9-8-15-10-11-17(23(27)28)13-18(15)24(29)30/h8-11,13-14H,2-7,12H2,1H3,(H,21,25,26)/b9-8-. The van der Waals surface area contributed by atoms with Crippen molar-refractivity contribution in [2.45, 2.75) is 52.0 Å². The third-order valence-electron chi connectivity index (χ3n) is 4.65. The number of H-pyrrole nitrogens is 1. The zero-order valence-electron chi connectivity index (χ0n) is 16.7. The van der Waals surface area contributed by atoms with E-state index in [1.807, 2.05) is 0 Å². The minimum Gasteiger partial charge on any atom is -0.300 e. The quantitative estimate of drug-likeness (QED) is 0.335. The van der Waals surface area contributed by atoms with Crippen molar-refractivity contribution < 1.29 is 9.85 Å². The predicted molar refractivity (Wildman–Crippen MR) is 113 cm³/mol. The summed E-state index contributed by atoms with van der Waals surface area (Å²) in [6.07, 6.45) is 10.4. The van der Waals surface area contributed by atoms with Crippen molar-refractivity contribution in [2.24, 2.45) is 0 Å². The Morgan fingerprint density at radius 2 is 1.63 bits per heavy atom. The number of nitrogens with one attached hydrogen (secondary N) is 1. The number of aromatic nitrogens is 2. The first kappa shape index (κ1) is 22.7. The number of benzene rings is 1. The zero-order chi connectivity index (χ0) is 22.1. The van der Waals surface area contributed by atoms with Crippen molar-refractivity contribution in [3.05, 3.63) is 76.6 Å². The Hall–Kier alpha value is -3.56. The molecule has 0 aliphatic carbocycles. The van der Waals surface area contributed by atoms with Crippen molar-refractivity contribution in [3.8, 4) is 0 Å². The molecule has 1 aromatic carbocycles. The van der Waals surface area contributed by atoms with Crippen molar-refractivity contribution in [1.29, 1.82) is 0 Å². The summed E-state index contributed by atoms with van der Waals surface area (Å²) in [6, 6.07) is 3.26. The van der Waals surface area contributed by atoms with E-state index in [-0.39, 0.29) is 11.1 Å². The van der Waals surface area contributed by atoms with Gasteiger partial charge in [-0.2, -0.15) is 0 Å². The monoisotopic (exact) mass is 416 g/mol. The Labute approximate surface area is 172 Å². The first-order valence-corrected chi connectivity index (χ1v) is 9.78. The van der Waals surface area contributed by atoms with Crippen LogP contribution in [0.2, 0.25) is 0 Å². The number of hydrogen-bond donors (Lipinski definition) is 1. The molecule has 1 heterocycles. The van der Waals surface area contributed by atoms with Crippen LogP contribution in [0.1, 0.15) is 56.6 Å². The van der Waals surface area contributed by atoms with Crippen LogP contribution in [-0.2, 0) is 6.54 Å². The Morgan fingerprint density at radius 3 is 2.30 bits per heavy atom. The molecule has 0 fully saturated rings. The lowest BCUT2D eigenvalue weighted by atomic mass is 10.1. The van der Waals surface area contributed by atoms with Gasteiger partial charge in [-0.05, 0) is 24.6 Å². The first-order chi connectivity index (χ1) is 14.3. The summed E-state index contributed by atoms with van der Waals surface area (Å²) in [4.78, 5) is 46.9. The van der Waals surface area contributed by atoms with Gasteiger partial charge in [-0.25, -0.2) is 4.79 Å². The van der Waals surface area contributed by atoms with Gasteiger partial charge in [0.2, 0.25) is 0 Å². The van der Waals surface area contributed by atoms with E-state index in [1.165, 1.54) is 35.4 Å². The molecule has 0 unspecified atom stereocenters. The van der Waals surface area contributed by atoms with Gasteiger partial charge in [-0.15, -0.1) is 0 Å². The maximum Gasteiger partial charge on any atom is 0.328 e. The molecule has 2 rings (SSSR count). The molecule has 1 aromatic heterocycles. The van der Waals surface area contributed by atoms with Crippen LogP contribution in [0.15, 0.2) is 34.0 Å². The van der Waals surface area contributed by atoms with Crippen LogP contribution in [-0.4, -0.2) is 19.4 Å². The lowest BCUT2D eigenvalue weighted by Gasteiger charge is -2.06. The Morgan fingerprint density at radius 1 is 0.967 bits per heavy atom. The van der Waals surface area contributed by atoms with Crippen LogP contribution in [0.25, 0.3) is 12.2 Å². The third kappa shape index (κ3) is 6.23. The van der Waals surface area contributed by atoms with E-state index in [4.69, 9.17) is 0 Å². The van der Waals surface area contributed by atoms with Gasteiger partial charge >= 0.3 is 5.69 Å². The molecule has 0 atom stereocenters. The number of nitro benzene ring substituents is 2. The van der Waals surface area contributed by atoms with Gasteiger partial charge in [-0.3, -0.25) is 34.6 Å². The number of nitro groups is 2. The predicted octanol–water partition coefficient (Wildman–Crippen LogP) is 3.88. The average molecular weight is 416 g/mol. The normalized spacial score (nSPS) is 11.1. The highest BCUT2D eigenvalue weighted by molar-refractivity contribution is 5.74. The van der Waals surface area contributed by atoms with Gasteiger partial charge in [0.05, 0.1) is 27.0 Å². The van der Waals surface area contributed by atoms with Gasteiger partial charge in [0.15, 0.2) is 0 Å². The van der Waals surface area contributed by atoms with Crippen LogP contribution in [0.4, 0.5) is 11.4 Å². The molecule has 0 spiro atoms. The van der Waals surface area contributed by atoms with E-state index in [0.717, 1.165) is 44.2 Å². The van der Waals surface area contributed by atoms with E-state index in [0.29, 0.717) is 6.54 Å². The number of non-ortho nitro benzene ring substituents is 1. The lowest BCUT2D eigenvalue weighted by Crippen LogP contribution is -2.30. The summed E-state index contributed by atoms with van der Waals surface area (Å²) < 4.78 is 1.41. The fourth-order valence-electron chi connectivity index (χ4n) is 3.00. The van der Waals surface area contributed by atoms with Gasteiger partial charge in [0.25, 0.3) is 16.9 Å². The van der Waals surface area contributed by atoms with Crippen LogP contribution in [0.3, 0.4) is 0 Å². The smallest absolute Gasteiger partial charge is 0.300 e. The molecule has 0 aliphatic rings. The number of rotatable bonds is 11. The second kappa shape index (κ2) is 10.8. The highest BCUT2D eigenvalue weighted by atomic mass is 16.6. The summed E-state index contributed by atoms with van der Waals surface area (Å²) in [5, 5.41) is 22.0. The number of nitrogens with zero attached hydrogens (tertiary/aromatic N) is 3. The number of aryl methyl sites for hydroxylation is 1. The molecule has 0 amide bonds. The topological polar surface area (TPSA) is 141 Å². The molecule has 10 heteroatoms. The highest BCUT2D eigenvalue weighted by Gasteiger charge is 2.17. The summed E-state index contributed by atoms with van der Waals surface area (Å²) in [6.45, 7) is 2.60. The maximum absolute atomic E-state index is 12.1. The molecule has 0 saturated heterocycles. The number of unbranched alkanes of at least 4 members (excludes halogenated alkanes) is 5. The lowest BCUT2D eigenvalue weighted by molar-refractivity contribution is -0.394. The SMILES string of the molecule is CCCCCCCCn1cc(/C=C\c2ccc([N+](=O)[O-])cc2[N+](=O)[O-])c(=O)[nH]c1=O. The van der Waals surface area contributed by atoms with Crippen molar-refractivity contribution in [2.75, 3.05) is 0 Å². The first-order valence-electron chi connectivity index (χ1n) is 9.78. The van der Waals surface area contributed by atoms with E-state index in [2.05, 4.69) is 11.9 Å². The molecular formula is C20H24N4O6. The summed E-state index contributed by atoms with van der Waals surface area (Å²) >= 11 is 0. The van der Waals surface area contributed by atoms with Crippen LogP contribution < -0.4 is 11.2 Å². The Balaban J connectivity index is 2.21. The molecule has 0 bridgehead atoms. The van der Waals surface area contributed by atoms with Crippen molar-refractivity contribution in [1.82, 2.24) is 9.55 Å². The van der Waals surface area contributed by atoms with E-state index in [1.54, 1.807) is 0 Å². The average Bonchev–Trinajstić information content (AvgIpc) is 2.70. The number of aromatic amines is 1. The van der Waals surface area contributed by atoms with Crippen LogP contribution in [0, 0.1) is 20.2 Å². The summed E-state index contributed by atoms with van der Waals surface area (Å²) in [5.41, 5.74) is -1.69. The van der Waals surface area contributed by atoms with E-state index in [9.17, 15) is 29.8 Å². The summed E-state index contributed by atoms with van der Waals surface area (Å²) in [7, 11) is 0. The van der Waals surface area contributed by atoms with E-state index >= 15 is 0 Å². The minimum absolute atomic E-state index is 0.110. The molecule has 1 N–H and O–H groups in total. The van der Waals surface area contributed by atoms with Gasteiger partial charge in [0.1, 0.15) is 0 Å². The number of hydrogen-bond acceptors (Lipinski definition) is 6. The van der Waals surface area contributed by atoms with Crippen molar-refractivity contribution in [3.63, 3.8) is 0 Å². The molecule has 160 valence electrons. The molecule has 0 saturated carbocycles. The van der Waals surface area contributed by atoms with Gasteiger partial charge < -0.3 is 0 Å². The largest absolute Gasteiger partial charge is 0.328 e.